The molecule has 9 nitrogen and oxygen atoms in total. The Hall–Kier alpha value is -2.78. The van der Waals surface area contributed by atoms with E-state index >= 15 is 0 Å². The quantitative estimate of drug-likeness (QED) is 0.367. The molecule has 1 saturated carbocycles. The number of hydrogen-bond acceptors (Lipinski definition) is 8. The summed E-state index contributed by atoms with van der Waals surface area (Å²) >= 11 is 6.41. The lowest BCUT2D eigenvalue weighted by molar-refractivity contribution is -0.125. The highest BCUT2D eigenvalue weighted by Gasteiger charge is 2.34. The van der Waals surface area contributed by atoms with Crippen molar-refractivity contribution in [1.29, 1.82) is 0 Å². The number of carbonyl (C=O) groups is 1. The highest BCUT2D eigenvalue weighted by atomic mass is 35.5. The van der Waals surface area contributed by atoms with E-state index in [-0.39, 0.29) is 23.9 Å². The average Bonchev–Trinajstić information content (AvgIpc) is 3.51. The van der Waals surface area contributed by atoms with Crippen LogP contribution in [0.4, 0.5) is 23.1 Å². The number of nitrogens with one attached hydrogen (secondary N) is 4. The number of methoxy groups -OCH3 is 1. The molecule has 1 amide bonds. The van der Waals surface area contributed by atoms with Crippen LogP contribution >= 0.6 is 11.6 Å². The third kappa shape index (κ3) is 6.50. The van der Waals surface area contributed by atoms with Gasteiger partial charge in [-0.2, -0.15) is 4.98 Å². The Labute approximate surface area is 218 Å². The first kappa shape index (κ1) is 26.3. The summed E-state index contributed by atoms with van der Waals surface area (Å²) in [6, 6.07) is 6.43. The predicted molar refractivity (Wildman–Crippen MR) is 145 cm³/mol. The molecular weight excluding hydrogens is 478 g/mol. The first-order chi connectivity index (χ1) is 17.4. The van der Waals surface area contributed by atoms with E-state index < -0.39 is 0 Å². The van der Waals surface area contributed by atoms with Crippen LogP contribution in [-0.2, 0) is 4.79 Å². The number of likely N-dealkylation sites (N-methyl/N-ethyl adjacent to an activating group) is 1. The summed E-state index contributed by atoms with van der Waals surface area (Å²) in [6.45, 7) is 9.36. The van der Waals surface area contributed by atoms with E-state index in [9.17, 15) is 4.79 Å². The van der Waals surface area contributed by atoms with Crippen molar-refractivity contribution in [2.24, 2.45) is 5.92 Å². The number of hydrogen-bond donors (Lipinski definition) is 4. The topological polar surface area (TPSA) is 103 Å². The summed E-state index contributed by atoms with van der Waals surface area (Å²) < 4.78 is 5.65. The zero-order chi connectivity index (χ0) is 25.7. The zero-order valence-corrected chi connectivity index (χ0v) is 22.4. The van der Waals surface area contributed by atoms with Gasteiger partial charge in [0.15, 0.2) is 5.82 Å². The molecule has 2 aliphatic rings. The van der Waals surface area contributed by atoms with Crippen LogP contribution in [0.1, 0.15) is 46.5 Å². The minimum atomic E-state index is -0.108. The van der Waals surface area contributed by atoms with Crippen LogP contribution in [0, 0.1) is 5.92 Å². The molecule has 1 saturated heterocycles. The second-order valence-corrected chi connectivity index (χ2v) is 10.3. The van der Waals surface area contributed by atoms with Crippen molar-refractivity contribution in [2.75, 3.05) is 42.7 Å². The minimum Gasteiger partial charge on any atom is -0.495 e. The molecule has 2 heterocycles. The normalized spacial score (nSPS) is 22.0. The zero-order valence-electron chi connectivity index (χ0n) is 21.6. The third-order valence-corrected chi connectivity index (χ3v) is 7.16. The van der Waals surface area contributed by atoms with Gasteiger partial charge >= 0.3 is 0 Å². The molecule has 0 radical (unpaired) electrons. The molecule has 2 fully saturated rings. The number of nitrogens with zero attached hydrogens (tertiary/aromatic N) is 3. The van der Waals surface area contributed by atoms with Gasteiger partial charge in [0, 0.05) is 43.0 Å². The fourth-order valence-corrected chi connectivity index (χ4v) is 5.16. The summed E-state index contributed by atoms with van der Waals surface area (Å²) in [5.74, 6) is 1.66. The monoisotopic (exact) mass is 515 g/mol. The predicted octanol–water partition coefficient (Wildman–Crippen LogP) is 4.49. The van der Waals surface area contributed by atoms with Crippen LogP contribution < -0.4 is 26.0 Å². The molecule has 10 heteroatoms. The lowest BCUT2D eigenvalue weighted by Crippen LogP contribution is -2.41. The Morgan fingerprint density at radius 3 is 2.81 bits per heavy atom. The van der Waals surface area contributed by atoms with Gasteiger partial charge in [0.05, 0.1) is 24.9 Å². The Morgan fingerprint density at radius 1 is 1.25 bits per heavy atom. The van der Waals surface area contributed by atoms with Crippen LogP contribution in [-0.4, -0.2) is 65.6 Å². The van der Waals surface area contributed by atoms with Crippen molar-refractivity contribution in [3.05, 3.63) is 29.4 Å². The molecule has 2 aromatic rings. The molecule has 1 aromatic carbocycles. The molecule has 0 unspecified atom stereocenters. The van der Waals surface area contributed by atoms with Crippen molar-refractivity contribution in [3.8, 4) is 5.75 Å². The summed E-state index contributed by atoms with van der Waals surface area (Å²) in [4.78, 5) is 24.0. The van der Waals surface area contributed by atoms with E-state index in [2.05, 4.69) is 43.1 Å². The SMILES string of the molecule is CCN1CC[C@@H](Nc2ccc(Nc3ncc(Cl)c(N[C@H]4CCC[C@@H]4C(=O)NC(C)C)n3)cc2OC)C1. The number of amides is 1. The molecule has 4 N–H and O–H groups in total. The highest BCUT2D eigenvalue weighted by molar-refractivity contribution is 6.32. The number of rotatable bonds is 10. The van der Waals surface area contributed by atoms with Gasteiger partial charge in [0.25, 0.3) is 0 Å². The van der Waals surface area contributed by atoms with Gasteiger partial charge in [-0.1, -0.05) is 24.9 Å². The van der Waals surface area contributed by atoms with Crippen molar-refractivity contribution in [3.63, 3.8) is 0 Å². The van der Waals surface area contributed by atoms with Gasteiger partial charge in [-0.25, -0.2) is 4.98 Å². The molecule has 0 bridgehead atoms. The van der Waals surface area contributed by atoms with Crippen LogP contribution in [0.3, 0.4) is 0 Å². The standard InChI is InChI=1S/C26H38ClN7O2/c1-5-34-12-11-18(15-34)30-22-10-9-17(13-23(22)36-4)31-26-28-14-20(27)24(33-26)32-21-8-6-7-19(21)25(35)29-16(2)3/h9-10,13-14,16,18-19,21,30H,5-8,11-12,15H2,1-4H3,(H,29,35)(H2,28,31,32,33)/t18-,19+,21+/m1/s1. The third-order valence-electron chi connectivity index (χ3n) is 6.89. The summed E-state index contributed by atoms with van der Waals surface area (Å²) in [7, 11) is 1.67. The minimum absolute atomic E-state index is 0.0197. The summed E-state index contributed by atoms with van der Waals surface area (Å²) in [6.07, 6.45) is 5.42. The highest BCUT2D eigenvalue weighted by Crippen LogP contribution is 2.33. The average molecular weight is 516 g/mol. The lowest BCUT2D eigenvalue weighted by Gasteiger charge is -2.22. The molecule has 36 heavy (non-hydrogen) atoms. The maximum absolute atomic E-state index is 12.6. The van der Waals surface area contributed by atoms with E-state index in [1.54, 1.807) is 13.3 Å². The van der Waals surface area contributed by atoms with E-state index in [0.717, 1.165) is 62.4 Å². The number of benzene rings is 1. The van der Waals surface area contributed by atoms with E-state index in [1.807, 2.05) is 32.0 Å². The Bertz CT molecular complexity index is 1050. The lowest BCUT2D eigenvalue weighted by atomic mass is 10.0. The maximum Gasteiger partial charge on any atom is 0.229 e. The molecule has 4 rings (SSSR count). The van der Waals surface area contributed by atoms with Crippen molar-refractivity contribution < 1.29 is 9.53 Å². The maximum atomic E-state index is 12.6. The first-order valence-electron chi connectivity index (χ1n) is 12.9. The van der Waals surface area contributed by atoms with Crippen LogP contribution in [0.15, 0.2) is 24.4 Å². The molecule has 1 aliphatic carbocycles. The second kappa shape index (κ2) is 12.0. The van der Waals surface area contributed by atoms with Crippen molar-refractivity contribution >= 4 is 40.6 Å². The molecule has 1 aromatic heterocycles. The number of likely N-dealkylation sites (tertiary alicyclic amines) is 1. The van der Waals surface area contributed by atoms with Gasteiger partial charge in [-0.05, 0) is 51.8 Å². The van der Waals surface area contributed by atoms with Crippen LogP contribution in [0.5, 0.6) is 5.75 Å². The van der Waals surface area contributed by atoms with E-state index in [0.29, 0.717) is 22.8 Å². The Balaban J connectivity index is 1.43. The number of aromatic nitrogens is 2. The molecular formula is C26H38ClN7O2. The number of anilines is 4. The van der Waals surface area contributed by atoms with Crippen LogP contribution in [0.25, 0.3) is 0 Å². The van der Waals surface area contributed by atoms with E-state index in [1.165, 1.54) is 0 Å². The van der Waals surface area contributed by atoms with E-state index in [4.69, 9.17) is 16.3 Å². The van der Waals surface area contributed by atoms with Gasteiger partial charge in [0.2, 0.25) is 11.9 Å². The first-order valence-corrected chi connectivity index (χ1v) is 13.3. The number of halogens is 1. The molecule has 1 aliphatic heterocycles. The van der Waals surface area contributed by atoms with Crippen molar-refractivity contribution in [2.45, 2.75) is 64.6 Å². The fourth-order valence-electron chi connectivity index (χ4n) is 5.02. The molecule has 3 atom stereocenters. The number of carbonyl (C=O) groups excluding carboxylic acids is 1. The number of ether oxygens (including phenoxy) is 1. The van der Waals surface area contributed by atoms with Crippen LogP contribution in [0.2, 0.25) is 5.02 Å². The van der Waals surface area contributed by atoms with Gasteiger partial charge in [-0.15, -0.1) is 0 Å². The van der Waals surface area contributed by atoms with Crippen molar-refractivity contribution in [1.82, 2.24) is 20.2 Å². The summed E-state index contributed by atoms with van der Waals surface area (Å²) in [5.41, 5.74) is 1.78. The van der Waals surface area contributed by atoms with Gasteiger partial charge in [0.1, 0.15) is 10.8 Å². The molecule has 0 spiro atoms. The summed E-state index contributed by atoms with van der Waals surface area (Å²) in [5, 5.41) is 13.7. The smallest absolute Gasteiger partial charge is 0.229 e. The Kier molecular flexibility index (Phi) is 8.74. The Morgan fingerprint density at radius 2 is 2.08 bits per heavy atom. The molecule has 196 valence electrons. The largest absolute Gasteiger partial charge is 0.495 e. The van der Waals surface area contributed by atoms with Gasteiger partial charge in [-0.3, -0.25) is 4.79 Å². The fraction of sp³-hybridized carbons (Fsp3) is 0.577. The van der Waals surface area contributed by atoms with Gasteiger partial charge < -0.3 is 30.9 Å². The second-order valence-electron chi connectivity index (χ2n) is 9.90.